The highest BCUT2D eigenvalue weighted by molar-refractivity contribution is 5.92. The topological polar surface area (TPSA) is 58.1 Å². The van der Waals surface area contributed by atoms with E-state index in [1.54, 1.807) is 12.4 Å². The van der Waals surface area contributed by atoms with Crippen molar-refractivity contribution in [2.24, 2.45) is 5.92 Å². The van der Waals surface area contributed by atoms with E-state index in [0.29, 0.717) is 17.7 Å². The van der Waals surface area contributed by atoms with Crippen LogP contribution in [0.2, 0.25) is 0 Å². The summed E-state index contributed by atoms with van der Waals surface area (Å²) in [5.74, 6) is 0.633. The molecule has 1 aromatic rings. The number of hydrogen-bond acceptors (Lipinski definition) is 4. The molecule has 2 fully saturated rings. The molecule has 1 N–H and O–H groups in total. The Balaban J connectivity index is 0.000001000. The second-order valence-corrected chi connectivity index (χ2v) is 5.19. The zero-order chi connectivity index (χ0) is 12.5. The largest absolute Gasteiger partial charge is 0.337 e. The lowest BCUT2D eigenvalue weighted by atomic mass is 9.93. The Labute approximate surface area is 131 Å². The average molecular weight is 319 g/mol. The van der Waals surface area contributed by atoms with Gasteiger partial charge in [-0.05, 0) is 32.2 Å². The van der Waals surface area contributed by atoms with Crippen molar-refractivity contribution in [3.63, 3.8) is 0 Å². The highest BCUT2D eigenvalue weighted by Crippen LogP contribution is 2.25. The number of fused-ring (bicyclic) bond motifs is 1. The number of carbonyl (C=O) groups excluding carboxylic acids is 1. The van der Waals surface area contributed by atoms with Crippen molar-refractivity contribution in [1.82, 2.24) is 20.2 Å². The lowest BCUT2D eigenvalue weighted by Crippen LogP contribution is -2.47. The van der Waals surface area contributed by atoms with Gasteiger partial charge in [0.05, 0.1) is 11.9 Å². The molecule has 2 aliphatic rings. The minimum absolute atomic E-state index is 0. The van der Waals surface area contributed by atoms with Gasteiger partial charge in [-0.2, -0.15) is 0 Å². The summed E-state index contributed by atoms with van der Waals surface area (Å²) in [5, 5.41) is 3.50. The highest BCUT2D eigenvalue weighted by Gasteiger charge is 2.34. The van der Waals surface area contributed by atoms with Crippen LogP contribution in [0.25, 0.3) is 0 Å². The normalized spacial score (nSPS) is 24.4. The molecule has 3 heterocycles. The first-order valence-electron chi connectivity index (χ1n) is 6.55. The molecule has 0 aliphatic carbocycles. The maximum atomic E-state index is 12.3. The van der Waals surface area contributed by atoms with Gasteiger partial charge in [0.25, 0.3) is 5.91 Å². The molecule has 2 saturated heterocycles. The van der Waals surface area contributed by atoms with Gasteiger partial charge in [-0.15, -0.1) is 24.8 Å². The summed E-state index contributed by atoms with van der Waals surface area (Å²) in [6, 6.07) is 0.609. The summed E-state index contributed by atoms with van der Waals surface area (Å²) in [5.41, 5.74) is 1.30. The molecule has 2 unspecified atom stereocenters. The van der Waals surface area contributed by atoms with Crippen molar-refractivity contribution >= 4 is 30.7 Å². The van der Waals surface area contributed by atoms with E-state index in [-0.39, 0.29) is 30.7 Å². The van der Waals surface area contributed by atoms with E-state index in [0.717, 1.165) is 31.7 Å². The van der Waals surface area contributed by atoms with E-state index >= 15 is 0 Å². The third kappa shape index (κ3) is 3.40. The third-order valence-electron chi connectivity index (χ3n) is 3.94. The fraction of sp³-hybridized carbons (Fsp3) is 0.615. The van der Waals surface area contributed by atoms with Gasteiger partial charge in [-0.1, -0.05) is 0 Å². The standard InChI is InChI=1S/C13H18N4O.2ClH/c1-9-6-16-12(7-15-9)13(18)17-5-3-11-10(8-17)2-4-14-11;;/h6-7,10-11,14H,2-5,8H2,1H3;2*1H. The minimum Gasteiger partial charge on any atom is -0.337 e. The SMILES string of the molecule is Cc1cnc(C(=O)N2CCC3NCCC3C2)cn1.Cl.Cl. The number of carbonyl (C=O) groups is 1. The Kier molecular flexibility index (Phi) is 6.17. The van der Waals surface area contributed by atoms with Gasteiger partial charge in [0.2, 0.25) is 0 Å². The maximum Gasteiger partial charge on any atom is 0.274 e. The summed E-state index contributed by atoms with van der Waals surface area (Å²) < 4.78 is 0. The van der Waals surface area contributed by atoms with Crippen LogP contribution in [0.4, 0.5) is 0 Å². The van der Waals surface area contributed by atoms with E-state index in [1.165, 1.54) is 6.42 Å². The Hall–Kier alpha value is -0.910. The summed E-state index contributed by atoms with van der Waals surface area (Å²) in [4.78, 5) is 22.5. The Morgan fingerprint density at radius 1 is 1.30 bits per heavy atom. The molecule has 112 valence electrons. The van der Waals surface area contributed by atoms with Crippen LogP contribution in [-0.2, 0) is 0 Å². The predicted octanol–water partition coefficient (Wildman–Crippen LogP) is 1.45. The van der Waals surface area contributed by atoms with Crippen molar-refractivity contribution in [1.29, 1.82) is 0 Å². The van der Waals surface area contributed by atoms with E-state index in [9.17, 15) is 4.79 Å². The zero-order valence-electron chi connectivity index (χ0n) is 11.4. The first-order chi connectivity index (χ1) is 8.74. The summed E-state index contributed by atoms with van der Waals surface area (Å²) in [7, 11) is 0. The number of hydrogen-bond donors (Lipinski definition) is 1. The van der Waals surface area contributed by atoms with Crippen molar-refractivity contribution in [2.45, 2.75) is 25.8 Å². The Morgan fingerprint density at radius 2 is 2.10 bits per heavy atom. The lowest BCUT2D eigenvalue weighted by molar-refractivity contribution is 0.0655. The van der Waals surface area contributed by atoms with Crippen LogP contribution in [0.15, 0.2) is 12.4 Å². The van der Waals surface area contributed by atoms with Crippen LogP contribution < -0.4 is 5.32 Å². The molecule has 0 spiro atoms. The van der Waals surface area contributed by atoms with E-state index < -0.39 is 0 Å². The smallest absolute Gasteiger partial charge is 0.274 e. The van der Waals surface area contributed by atoms with E-state index in [4.69, 9.17) is 0 Å². The average Bonchev–Trinajstić information content (AvgIpc) is 2.86. The summed E-state index contributed by atoms with van der Waals surface area (Å²) in [6.07, 6.45) is 5.46. The minimum atomic E-state index is 0. The number of aryl methyl sites for hydroxylation is 1. The number of nitrogens with zero attached hydrogens (tertiary/aromatic N) is 3. The first-order valence-corrected chi connectivity index (χ1v) is 6.55. The van der Waals surface area contributed by atoms with Crippen LogP contribution in [0.5, 0.6) is 0 Å². The van der Waals surface area contributed by atoms with E-state index in [2.05, 4.69) is 15.3 Å². The molecule has 0 saturated carbocycles. The molecule has 3 rings (SSSR count). The molecule has 2 atom stereocenters. The fourth-order valence-corrected chi connectivity index (χ4v) is 2.90. The van der Waals surface area contributed by atoms with Crippen molar-refractivity contribution in [3.05, 3.63) is 23.8 Å². The fourth-order valence-electron chi connectivity index (χ4n) is 2.90. The number of halogens is 2. The molecular formula is C13H20Cl2N4O. The number of piperidine rings is 1. The van der Waals surface area contributed by atoms with Crippen LogP contribution in [-0.4, -0.2) is 46.5 Å². The Bertz CT molecular complexity index is 454. The van der Waals surface area contributed by atoms with Gasteiger partial charge in [0.1, 0.15) is 5.69 Å². The predicted molar refractivity (Wildman–Crippen MR) is 81.7 cm³/mol. The molecule has 0 radical (unpaired) electrons. The lowest BCUT2D eigenvalue weighted by Gasteiger charge is -2.34. The third-order valence-corrected chi connectivity index (χ3v) is 3.94. The molecule has 0 bridgehead atoms. The van der Waals surface area contributed by atoms with Gasteiger partial charge >= 0.3 is 0 Å². The molecule has 20 heavy (non-hydrogen) atoms. The van der Waals surface area contributed by atoms with Gasteiger partial charge in [-0.3, -0.25) is 9.78 Å². The summed E-state index contributed by atoms with van der Waals surface area (Å²) in [6.45, 7) is 4.63. The number of rotatable bonds is 1. The second-order valence-electron chi connectivity index (χ2n) is 5.19. The molecule has 0 aromatic carbocycles. The quantitative estimate of drug-likeness (QED) is 0.851. The van der Waals surface area contributed by atoms with E-state index in [1.807, 2.05) is 11.8 Å². The molecule has 1 aromatic heterocycles. The molecule has 2 aliphatic heterocycles. The van der Waals surface area contributed by atoms with Gasteiger partial charge in [0, 0.05) is 25.3 Å². The zero-order valence-corrected chi connectivity index (χ0v) is 13.0. The molecule has 5 nitrogen and oxygen atoms in total. The maximum absolute atomic E-state index is 12.3. The van der Waals surface area contributed by atoms with Crippen molar-refractivity contribution in [3.8, 4) is 0 Å². The van der Waals surface area contributed by atoms with Crippen molar-refractivity contribution < 1.29 is 4.79 Å². The van der Waals surface area contributed by atoms with Gasteiger partial charge < -0.3 is 10.2 Å². The molecule has 1 amide bonds. The highest BCUT2D eigenvalue weighted by atomic mass is 35.5. The Morgan fingerprint density at radius 3 is 2.80 bits per heavy atom. The van der Waals surface area contributed by atoms with Crippen molar-refractivity contribution in [2.75, 3.05) is 19.6 Å². The van der Waals surface area contributed by atoms with Crippen LogP contribution in [0.1, 0.15) is 29.0 Å². The van der Waals surface area contributed by atoms with Crippen LogP contribution in [0.3, 0.4) is 0 Å². The number of likely N-dealkylation sites (tertiary alicyclic amines) is 1. The number of amides is 1. The van der Waals surface area contributed by atoms with Gasteiger partial charge in [0.15, 0.2) is 0 Å². The molecule has 7 heteroatoms. The first kappa shape index (κ1) is 17.1. The summed E-state index contributed by atoms with van der Waals surface area (Å²) >= 11 is 0. The van der Waals surface area contributed by atoms with Crippen LogP contribution in [0, 0.1) is 12.8 Å². The number of aromatic nitrogens is 2. The molecular weight excluding hydrogens is 299 g/mol. The van der Waals surface area contributed by atoms with Gasteiger partial charge in [-0.25, -0.2) is 4.98 Å². The second kappa shape index (κ2) is 7.20. The van der Waals surface area contributed by atoms with Crippen LogP contribution >= 0.6 is 24.8 Å². The monoisotopic (exact) mass is 318 g/mol. The number of nitrogens with one attached hydrogen (secondary N) is 1.